The predicted molar refractivity (Wildman–Crippen MR) is 61.2 cm³/mol. The van der Waals surface area contributed by atoms with Gasteiger partial charge in [0.1, 0.15) is 0 Å². The normalized spacial score (nSPS) is 14.1. The summed E-state index contributed by atoms with van der Waals surface area (Å²) in [5.74, 6) is 0.0978. The molecule has 0 aliphatic heterocycles. The molecule has 0 aromatic heterocycles. The van der Waals surface area contributed by atoms with Gasteiger partial charge in [-0.1, -0.05) is 31.2 Å². The van der Waals surface area contributed by atoms with Crippen LogP contribution in [0, 0.1) is 0 Å². The smallest absolute Gasteiger partial charge is 0.223 e. The number of carbonyl (C=O) groups excluding carboxylic acids is 1. The highest BCUT2D eigenvalue weighted by Gasteiger charge is 2.10. The molecule has 1 N–H and O–H groups in total. The number of aryl methyl sites for hydroxylation is 1. The standard InChI is InChI=1S/C13H15NO/c1-2-13(15)14-12-8-7-10-5-3-4-6-11(10)9-12/h3-6,9H,2,7-8H2,1H3,(H,14,15). The van der Waals surface area contributed by atoms with Crippen molar-refractivity contribution >= 4 is 12.0 Å². The Kier molecular flexibility index (Phi) is 2.86. The van der Waals surface area contributed by atoms with Crippen molar-refractivity contribution in [3.05, 3.63) is 41.1 Å². The van der Waals surface area contributed by atoms with Crippen LogP contribution in [0.2, 0.25) is 0 Å². The summed E-state index contributed by atoms with van der Waals surface area (Å²) >= 11 is 0. The highest BCUT2D eigenvalue weighted by atomic mass is 16.1. The number of amides is 1. The van der Waals surface area contributed by atoms with Gasteiger partial charge in [-0.25, -0.2) is 0 Å². The topological polar surface area (TPSA) is 29.1 Å². The fourth-order valence-electron chi connectivity index (χ4n) is 1.80. The number of benzene rings is 1. The van der Waals surface area contributed by atoms with E-state index in [4.69, 9.17) is 0 Å². The molecule has 0 saturated heterocycles. The molecule has 15 heavy (non-hydrogen) atoms. The number of nitrogens with one attached hydrogen (secondary N) is 1. The van der Waals surface area contributed by atoms with Gasteiger partial charge in [0.15, 0.2) is 0 Å². The Morgan fingerprint density at radius 1 is 1.33 bits per heavy atom. The number of hydrogen-bond donors (Lipinski definition) is 1. The Hall–Kier alpha value is -1.57. The third kappa shape index (κ3) is 2.27. The molecule has 0 unspecified atom stereocenters. The molecule has 0 atom stereocenters. The molecule has 0 fully saturated rings. The summed E-state index contributed by atoms with van der Waals surface area (Å²) in [6, 6.07) is 8.32. The molecule has 0 saturated carbocycles. The van der Waals surface area contributed by atoms with Crippen LogP contribution >= 0.6 is 0 Å². The average molecular weight is 201 g/mol. The average Bonchev–Trinajstić information content (AvgIpc) is 2.29. The molecule has 78 valence electrons. The first-order valence-corrected chi connectivity index (χ1v) is 5.38. The second-order valence-corrected chi connectivity index (χ2v) is 3.77. The SMILES string of the molecule is CCC(=O)NC1=Cc2ccccc2CC1. The lowest BCUT2D eigenvalue weighted by Gasteiger charge is -2.16. The molecule has 1 aromatic rings. The van der Waals surface area contributed by atoms with Gasteiger partial charge >= 0.3 is 0 Å². The van der Waals surface area contributed by atoms with Crippen LogP contribution in [0.1, 0.15) is 30.9 Å². The van der Waals surface area contributed by atoms with E-state index in [1.54, 1.807) is 0 Å². The number of carbonyl (C=O) groups is 1. The van der Waals surface area contributed by atoms with E-state index < -0.39 is 0 Å². The van der Waals surface area contributed by atoms with E-state index in [0.29, 0.717) is 6.42 Å². The summed E-state index contributed by atoms with van der Waals surface area (Å²) in [6.07, 6.45) is 4.57. The maximum atomic E-state index is 11.2. The number of hydrogen-bond acceptors (Lipinski definition) is 1. The molecule has 2 rings (SSSR count). The van der Waals surface area contributed by atoms with Gasteiger partial charge in [-0.05, 0) is 30.0 Å². The zero-order chi connectivity index (χ0) is 10.7. The molecule has 0 heterocycles. The Labute approximate surface area is 90.0 Å². The van der Waals surface area contributed by atoms with Crippen molar-refractivity contribution in [2.75, 3.05) is 0 Å². The zero-order valence-corrected chi connectivity index (χ0v) is 8.92. The van der Waals surface area contributed by atoms with Crippen LogP contribution in [0.3, 0.4) is 0 Å². The van der Waals surface area contributed by atoms with Gasteiger partial charge in [0.2, 0.25) is 5.91 Å². The summed E-state index contributed by atoms with van der Waals surface area (Å²) in [7, 11) is 0. The van der Waals surface area contributed by atoms with Crippen molar-refractivity contribution < 1.29 is 4.79 Å². The fraction of sp³-hybridized carbons (Fsp3) is 0.308. The Balaban J connectivity index is 2.18. The molecule has 2 heteroatoms. The van der Waals surface area contributed by atoms with Crippen molar-refractivity contribution in [3.63, 3.8) is 0 Å². The van der Waals surface area contributed by atoms with Crippen LogP contribution in [0.4, 0.5) is 0 Å². The van der Waals surface area contributed by atoms with E-state index in [1.807, 2.05) is 13.0 Å². The van der Waals surface area contributed by atoms with Crippen LogP contribution in [-0.2, 0) is 11.2 Å². The maximum absolute atomic E-state index is 11.2. The zero-order valence-electron chi connectivity index (χ0n) is 8.92. The van der Waals surface area contributed by atoms with Crippen LogP contribution in [0.25, 0.3) is 6.08 Å². The molecule has 1 amide bonds. The van der Waals surface area contributed by atoms with Crippen LogP contribution in [0.15, 0.2) is 30.0 Å². The van der Waals surface area contributed by atoms with E-state index in [1.165, 1.54) is 11.1 Å². The highest BCUT2D eigenvalue weighted by molar-refractivity contribution is 5.79. The van der Waals surface area contributed by atoms with Gasteiger partial charge in [-0.2, -0.15) is 0 Å². The quantitative estimate of drug-likeness (QED) is 0.782. The van der Waals surface area contributed by atoms with Crippen LogP contribution < -0.4 is 5.32 Å². The maximum Gasteiger partial charge on any atom is 0.223 e. The van der Waals surface area contributed by atoms with Gasteiger partial charge in [0.25, 0.3) is 0 Å². The number of fused-ring (bicyclic) bond motifs is 1. The Bertz CT molecular complexity index is 407. The van der Waals surface area contributed by atoms with Gasteiger partial charge in [0, 0.05) is 12.1 Å². The minimum absolute atomic E-state index is 0.0978. The lowest BCUT2D eigenvalue weighted by atomic mass is 9.95. The molecular weight excluding hydrogens is 186 g/mol. The Morgan fingerprint density at radius 2 is 2.13 bits per heavy atom. The lowest BCUT2D eigenvalue weighted by molar-refractivity contribution is -0.120. The predicted octanol–water partition coefficient (Wildman–Crippen LogP) is 2.50. The monoisotopic (exact) mass is 201 g/mol. The molecule has 1 aliphatic rings. The Morgan fingerprint density at radius 3 is 2.93 bits per heavy atom. The third-order valence-electron chi connectivity index (χ3n) is 2.67. The number of rotatable bonds is 2. The van der Waals surface area contributed by atoms with Crippen molar-refractivity contribution in [2.24, 2.45) is 0 Å². The molecule has 0 bridgehead atoms. The highest BCUT2D eigenvalue weighted by Crippen LogP contribution is 2.21. The minimum atomic E-state index is 0.0978. The molecule has 1 aromatic carbocycles. The first-order chi connectivity index (χ1) is 7.29. The van der Waals surface area contributed by atoms with Gasteiger partial charge in [-0.3, -0.25) is 4.79 Å². The van der Waals surface area contributed by atoms with E-state index in [9.17, 15) is 4.79 Å². The second kappa shape index (κ2) is 4.30. The number of allylic oxidation sites excluding steroid dienone is 1. The minimum Gasteiger partial charge on any atom is -0.330 e. The van der Waals surface area contributed by atoms with Crippen LogP contribution in [-0.4, -0.2) is 5.91 Å². The lowest BCUT2D eigenvalue weighted by Crippen LogP contribution is -2.23. The third-order valence-corrected chi connectivity index (χ3v) is 2.67. The van der Waals surface area contributed by atoms with Crippen molar-refractivity contribution in [1.29, 1.82) is 0 Å². The molecule has 0 spiro atoms. The summed E-state index contributed by atoms with van der Waals surface area (Å²) < 4.78 is 0. The van der Waals surface area contributed by atoms with Gasteiger partial charge < -0.3 is 5.32 Å². The van der Waals surface area contributed by atoms with Crippen LogP contribution in [0.5, 0.6) is 0 Å². The van der Waals surface area contributed by atoms with E-state index in [2.05, 4.69) is 29.6 Å². The second-order valence-electron chi connectivity index (χ2n) is 3.77. The summed E-state index contributed by atoms with van der Waals surface area (Å²) in [4.78, 5) is 11.2. The first-order valence-electron chi connectivity index (χ1n) is 5.38. The summed E-state index contributed by atoms with van der Waals surface area (Å²) in [5.41, 5.74) is 3.64. The van der Waals surface area contributed by atoms with E-state index in [-0.39, 0.29) is 5.91 Å². The van der Waals surface area contributed by atoms with E-state index in [0.717, 1.165) is 18.5 Å². The van der Waals surface area contributed by atoms with E-state index >= 15 is 0 Å². The van der Waals surface area contributed by atoms with Gasteiger partial charge in [-0.15, -0.1) is 0 Å². The largest absolute Gasteiger partial charge is 0.330 e. The van der Waals surface area contributed by atoms with Crippen molar-refractivity contribution in [3.8, 4) is 0 Å². The van der Waals surface area contributed by atoms with Crippen molar-refractivity contribution in [1.82, 2.24) is 5.32 Å². The van der Waals surface area contributed by atoms with Crippen molar-refractivity contribution in [2.45, 2.75) is 26.2 Å². The molecule has 0 radical (unpaired) electrons. The summed E-state index contributed by atoms with van der Waals surface area (Å²) in [6.45, 7) is 1.87. The molecular formula is C13H15NO. The molecule has 1 aliphatic carbocycles. The first kappa shape index (κ1) is 9.97. The summed E-state index contributed by atoms with van der Waals surface area (Å²) in [5, 5.41) is 2.93. The van der Waals surface area contributed by atoms with Gasteiger partial charge in [0.05, 0.1) is 0 Å². The fourth-order valence-corrected chi connectivity index (χ4v) is 1.80. The molecule has 2 nitrogen and oxygen atoms in total.